The summed E-state index contributed by atoms with van der Waals surface area (Å²) in [6, 6.07) is 3.77. The Kier molecular flexibility index (Phi) is 7.16. The fraction of sp³-hybridized carbons (Fsp3) is 0.591. The van der Waals surface area contributed by atoms with Crippen LogP contribution in [0.4, 0.5) is 0 Å². The number of hydrogen-bond donors (Lipinski definition) is 0. The Balaban J connectivity index is 1.56. The number of aryl methyl sites for hydroxylation is 3. The van der Waals surface area contributed by atoms with Gasteiger partial charge in [-0.2, -0.15) is 9.29 Å². The predicted molar refractivity (Wildman–Crippen MR) is 115 cm³/mol. The number of hydrogen-bond acceptors (Lipinski definition) is 7. The number of ether oxygens (including phenoxy) is 1. The molecule has 0 spiro atoms. The lowest BCUT2D eigenvalue weighted by Crippen LogP contribution is -2.41. The number of rotatable bonds is 7. The molecule has 3 rings (SSSR count). The molecule has 0 aliphatic carbocycles. The molecule has 0 unspecified atom stereocenters. The quantitative estimate of drug-likeness (QED) is 0.597. The molecule has 170 valence electrons. The molecule has 0 amide bonds. The van der Waals surface area contributed by atoms with E-state index in [-0.39, 0.29) is 37.5 Å². The Morgan fingerprint density at radius 2 is 1.81 bits per heavy atom. The molecule has 0 radical (unpaired) electrons. The third-order valence-corrected chi connectivity index (χ3v) is 7.63. The van der Waals surface area contributed by atoms with Crippen molar-refractivity contribution in [1.29, 1.82) is 0 Å². The van der Waals surface area contributed by atoms with Gasteiger partial charge in [-0.15, -0.1) is 0 Å². The highest BCUT2D eigenvalue weighted by molar-refractivity contribution is 7.89. The summed E-state index contributed by atoms with van der Waals surface area (Å²) in [4.78, 5) is 17.0. The maximum atomic E-state index is 13.2. The van der Waals surface area contributed by atoms with Crippen LogP contribution in [0.15, 0.2) is 21.6 Å². The van der Waals surface area contributed by atoms with E-state index in [4.69, 9.17) is 9.26 Å². The minimum absolute atomic E-state index is 0.0653. The standard InChI is InChI=1S/C22H31N3O5S/c1-14(2)10-19-23-20(30-24-19)13-29-22(26)18-6-8-25(9-7-18)31(27,28)21-16(4)11-15(3)12-17(21)5/h11-12,14,18H,6-10,13H2,1-5H3. The molecule has 0 atom stereocenters. The molecular formula is C22H31N3O5S. The fourth-order valence-electron chi connectivity index (χ4n) is 4.08. The van der Waals surface area contributed by atoms with Gasteiger partial charge in [0, 0.05) is 19.5 Å². The normalized spacial score (nSPS) is 16.1. The van der Waals surface area contributed by atoms with E-state index in [2.05, 4.69) is 24.0 Å². The highest BCUT2D eigenvalue weighted by Crippen LogP contribution is 2.29. The number of sulfonamides is 1. The largest absolute Gasteiger partial charge is 0.455 e. The van der Waals surface area contributed by atoms with Crippen LogP contribution in [0.25, 0.3) is 0 Å². The lowest BCUT2D eigenvalue weighted by molar-refractivity contribution is -0.152. The van der Waals surface area contributed by atoms with Gasteiger partial charge in [0.15, 0.2) is 12.4 Å². The molecule has 1 aromatic heterocycles. The number of benzene rings is 1. The van der Waals surface area contributed by atoms with Gasteiger partial charge < -0.3 is 9.26 Å². The molecule has 1 aliphatic rings. The SMILES string of the molecule is Cc1cc(C)c(S(=O)(=O)N2CCC(C(=O)OCc3nc(CC(C)C)no3)CC2)c(C)c1. The topological polar surface area (TPSA) is 103 Å². The molecule has 0 saturated carbocycles. The molecule has 1 saturated heterocycles. The number of nitrogens with zero attached hydrogens (tertiary/aromatic N) is 3. The Bertz CT molecular complexity index is 1010. The van der Waals surface area contributed by atoms with Gasteiger partial charge in [-0.05, 0) is 50.7 Å². The minimum Gasteiger partial charge on any atom is -0.455 e. The van der Waals surface area contributed by atoms with Crippen LogP contribution in [0.5, 0.6) is 0 Å². The number of esters is 1. The van der Waals surface area contributed by atoms with Crippen molar-refractivity contribution < 1.29 is 22.5 Å². The van der Waals surface area contributed by atoms with Gasteiger partial charge in [0.05, 0.1) is 10.8 Å². The van der Waals surface area contributed by atoms with Gasteiger partial charge in [0.2, 0.25) is 10.0 Å². The molecular weight excluding hydrogens is 418 g/mol. The smallest absolute Gasteiger partial charge is 0.309 e. The zero-order chi connectivity index (χ0) is 22.8. The van der Waals surface area contributed by atoms with Crippen molar-refractivity contribution in [3.8, 4) is 0 Å². The fourth-order valence-corrected chi connectivity index (χ4v) is 5.96. The van der Waals surface area contributed by atoms with Crippen LogP contribution >= 0.6 is 0 Å². The first-order valence-electron chi connectivity index (χ1n) is 10.6. The van der Waals surface area contributed by atoms with Crippen LogP contribution in [-0.4, -0.2) is 41.9 Å². The van der Waals surface area contributed by atoms with Crippen molar-refractivity contribution in [2.75, 3.05) is 13.1 Å². The van der Waals surface area contributed by atoms with Gasteiger partial charge in [-0.1, -0.05) is 36.7 Å². The first-order chi connectivity index (χ1) is 14.6. The van der Waals surface area contributed by atoms with E-state index >= 15 is 0 Å². The van der Waals surface area contributed by atoms with E-state index in [1.165, 1.54) is 4.31 Å². The molecule has 2 heterocycles. The molecule has 8 nitrogen and oxygen atoms in total. The number of aromatic nitrogens is 2. The van der Waals surface area contributed by atoms with E-state index < -0.39 is 10.0 Å². The van der Waals surface area contributed by atoms with Crippen molar-refractivity contribution in [3.63, 3.8) is 0 Å². The van der Waals surface area contributed by atoms with Gasteiger partial charge in [0.1, 0.15) is 0 Å². The minimum atomic E-state index is -3.60. The van der Waals surface area contributed by atoms with Crippen LogP contribution in [0.3, 0.4) is 0 Å². The van der Waals surface area contributed by atoms with E-state index in [0.717, 1.165) is 16.7 Å². The predicted octanol–water partition coefficient (Wildman–Crippen LogP) is 3.34. The van der Waals surface area contributed by atoms with Gasteiger partial charge in [0.25, 0.3) is 5.89 Å². The zero-order valence-electron chi connectivity index (χ0n) is 18.8. The first-order valence-corrected chi connectivity index (χ1v) is 12.1. The first kappa shape index (κ1) is 23.4. The van der Waals surface area contributed by atoms with Crippen molar-refractivity contribution in [2.24, 2.45) is 11.8 Å². The molecule has 1 fully saturated rings. The van der Waals surface area contributed by atoms with E-state index in [9.17, 15) is 13.2 Å². The number of carbonyl (C=O) groups is 1. The average Bonchev–Trinajstić information content (AvgIpc) is 3.11. The van der Waals surface area contributed by atoms with Gasteiger partial charge in [-0.25, -0.2) is 8.42 Å². The van der Waals surface area contributed by atoms with Crippen LogP contribution in [0, 0.1) is 32.6 Å². The second-order valence-electron chi connectivity index (χ2n) is 8.72. The monoisotopic (exact) mass is 449 g/mol. The molecule has 1 aromatic carbocycles. The molecule has 1 aliphatic heterocycles. The summed E-state index contributed by atoms with van der Waals surface area (Å²) < 4.78 is 38.3. The summed E-state index contributed by atoms with van der Waals surface area (Å²) in [5, 5.41) is 3.88. The maximum absolute atomic E-state index is 13.2. The van der Waals surface area contributed by atoms with Gasteiger partial charge >= 0.3 is 5.97 Å². The lowest BCUT2D eigenvalue weighted by Gasteiger charge is -2.31. The average molecular weight is 450 g/mol. The van der Waals surface area contributed by atoms with Gasteiger partial charge in [-0.3, -0.25) is 4.79 Å². The highest BCUT2D eigenvalue weighted by atomic mass is 32.2. The Hall–Kier alpha value is -2.26. The van der Waals surface area contributed by atoms with Crippen molar-refractivity contribution in [3.05, 3.63) is 40.5 Å². The summed E-state index contributed by atoms with van der Waals surface area (Å²) in [7, 11) is -3.60. The molecule has 31 heavy (non-hydrogen) atoms. The zero-order valence-corrected chi connectivity index (χ0v) is 19.7. The number of piperidine rings is 1. The van der Waals surface area contributed by atoms with Crippen LogP contribution in [0.2, 0.25) is 0 Å². The summed E-state index contributed by atoms with van der Waals surface area (Å²) in [6.45, 7) is 10.2. The van der Waals surface area contributed by atoms with Crippen LogP contribution < -0.4 is 0 Å². The molecule has 0 bridgehead atoms. The van der Waals surface area contributed by atoms with E-state index in [0.29, 0.717) is 35.9 Å². The Labute approximate surface area is 184 Å². The summed E-state index contributed by atoms with van der Waals surface area (Å²) >= 11 is 0. The molecule has 0 N–H and O–H groups in total. The Morgan fingerprint density at radius 1 is 1.19 bits per heavy atom. The van der Waals surface area contributed by atoms with Crippen molar-refractivity contribution in [2.45, 2.75) is 65.4 Å². The molecule has 2 aromatic rings. The highest BCUT2D eigenvalue weighted by Gasteiger charge is 2.34. The van der Waals surface area contributed by atoms with E-state index in [1.807, 2.05) is 32.9 Å². The lowest BCUT2D eigenvalue weighted by atomic mass is 9.98. The second kappa shape index (κ2) is 9.48. The van der Waals surface area contributed by atoms with E-state index in [1.54, 1.807) is 0 Å². The Morgan fingerprint density at radius 3 is 2.39 bits per heavy atom. The van der Waals surface area contributed by atoms with Crippen molar-refractivity contribution >= 4 is 16.0 Å². The summed E-state index contributed by atoms with van der Waals surface area (Å²) in [5.74, 6) is 0.575. The second-order valence-corrected chi connectivity index (χ2v) is 10.6. The molecule has 9 heteroatoms. The number of carbonyl (C=O) groups excluding carboxylic acids is 1. The van der Waals surface area contributed by atoms with Crippen LogP contribution in [0.1, 0.15) is 55.1 Å². The maximum Gasteiger partial charge on any atom is 0.309 e. The third-order valence-electron chi connectivity index (χ3n) is 5.43. The third kappa shape index (κ3) is 5.51. The van der Waals surface area contributed by atoms with Crippen molar-refractivity contribution in [1.82, 2.24) is 14.4 Å². The van der Waals surface area contributed by atoms with Crippen LogP contribution in [-0.2, 0) is 32.6 Å². The summed E-state index contributed by atoms with van der Waals surface area (Å²) in [6.07, 6.45) is 1.54. The summed E-state index contributed by atoms with van der Waals surface area (Å²) in [5.41, 5.74) is 2.53.